The van der Waals surface area contributed by atoms with Crippen molar-refractivity contribution in [3.8, 4) is 23.1 Å². The molecule has 0 saturated carbocycles. The number of para-hydroxylation sites is 2. The molecule has 1 unspecified atom stereocenters. The lowest BCUT2D eigenvalue weighted by Gasteiger charge is -2.15. The lowest BCUT2D eigenvalue weighted by atomic mass is 10.1. The summed E-state index contributed by atoms with van der Waals surface area (Å²) in [6.07, 6.45) is 1.05. The Labute approximate surface area is 173 Å². The van der Waals surface area contributed by atoms with E-state index in [2.05, 4.69) is 15.3 Å². The number of aromatic nitrogens is 2. The standard InChI is InChI=1S/C24H18N4O2/c1-16(24(29)27-19-10-6-17(14-25)7-11-19)30-20-12-8-18(9-13-20)23-15-26-21-4-2-3-5-22(21)28-23/h2-13,15-16H,1H3,(H,27,29). The topological polar surface area (TPSA) is 87.9 Å². The summed E-state index contributed by atoms with van der Waals surface area (Å²) in [6, 6.07) is 23.8. The van der Waals surface area contributed by atoms with Gasteiger partial charge in [0.15, 0.2) is 6.10 Å². The second kappa shape index (κ2) is 8.41. The molecule has 0 saturated heterocycles. The van der Waals surface area contributed by atoms with E-state index in [4.69, 9.17) is 10.00 Å². The number of rotatable bonds is 5. The summed E-state index contributed by atoms with van der Waals surface area (Å²) in [6.45, 7) is 1.68. The van der Waals surface area contributed by atoms with Crippen LogP contribution in [0.4, 0.5) is 5.69 Å². The number of benzene rings is 3. The van der Waals surface area contributed by atoms with Crippen LogP contribution in [0.2, 0.25) is 0 Å². The zero-order chi connectivity index (χ0) is 20.9. The lowest BCUT2D eigenvalue weighted by Crippen LogP contribution is -2.30. The highest BCUT2D eigenvalue weighted by Gasteiger charge is 2.15. The molecule has 1 heterocycles. The van der Waals surface area contributed by atoms with Crippen molar-refractivity contribution in [2.45, 2.75) is 13.0 Å². The molecule has 1 aromatic heterocycles. The molecule has 3 aromatic carbocycles. The second-order valence-electron chi connectivity index (χ2n) is 6.71. The Morgan fingerprint density at radius 3 is 2.40 bits per heavy atom. The Morgan fingerprint density at radius 1 is 1.00 bits per heavy atom. The minimum absolute atomic E-state index is 0.274. The predicted molar refractivity (Wildman–Crippen MR) is 115 cm³/mol. The molecule has 4 rings (SSSR count). The van der Waals surface area contributed by atoms with Crippen molar-refractivity contribution in [3.63, 3.8) is 0 Å². The van der Waals surface area contributed by atoms with Crippen LogP contribution < -0.4 is 10.1 Å². The van der Waals surface area contributed by atoms with Crippen LogP contribution in [0.5, 0.6) is 5.75 Å². The van der Waals surface area contributed by atoms with Crippen LogP contribution in [0, 0.1) is 11.3 Å². The summed E-state index contributed by atoms with van der Waals surface area (Å²) in [7, 11) is 0. The first kappa shape index (κ1) is 19.1. The van der Waals surface area contributed by atoms with Gasteiger partial charge in [-0.05, 0) is 67.6 Å². The molecule has 0 aliphatic heterocycles. The molecular weight excluding hydrogens is 376 g/mol. The summed E-state index contributed by atoms with van der Waals surface area (Å²) in [4.78, 5) is 21.4. The molecule has 4 aromatic rings. The number of carbonyl (C=O) groups excluding carboxylic acids is 1. The molecule has 0 aliphatic rings. The summed E-state index contributed by atoms with van der Waals surface area (Å²) >= 11 is 0. The minimum Gasteiger partial charge on any atom is -0.481 e. The van der Waals surface area contributed by atoms with E-state index in [9.17, 15) is 4.79 Å². The summed E-state index contributed by atoms with van der Waals surface area (Å²) in [5.41, 5.74) is 4.52. The average molecular weight is 394 g/mol. The van der Waals surface area contributed by atoms with E-state index in [0.29, 0.717) is 17.0 Å². The van der Waals surface area contributed by atoms with E-state index in [1.165, 1.54) is 0 Å². The van der Waals surface area contributed by atoms with E-state index in [0.717, 1.165) is 22.3 Å². The third kappa shape index (κ3) is 4.26. The first-order valence-corrected chi connectivity index (χ1v) is 9.42. The highest BCUT2D eigenvalue weighted by molar-refractivity contribution is 5.94. The fourth-order valence-electron chi connectivity index (χ4n) is 2.93. The quantitative estimate of drug-likeness (QED) is 0.535. The van der Waals surface area contributed by atoms with Gasteiger partial charge in [0.2, 0.25) is 0 Å². The first-order chi connectivity index (χ1) is 14.6. The van der Waals surface area contributed by atoms with E-state index >= 15 is 0 Å². The van der Waals surface area contributed by atoms with Crippen LogP contribution in [0.15, 0.2) is 79.0 Å². The number of nitrogens with one attached hydrogen (secondary N) is 1. The van der Waals surface area contributed by atoms with E-state index in [-0.39, 0.29) is 5.91 Å². The Bertz CT molecular complexity index is 1230. The summed E-state index contributed by atoms with van der Waals surface area (Å²) in [5, 5.41) is 11.6. The number of nitriles is 1. The largest absolute Gasteiger partial charge is 0.481 e. The molecule has 146 valence electrons. The van der Waals surface area contributed by atoms with Crippen LogP contribution in [-0.4, -0.2) is 22.0 Å². The number of nitrogens with zero attached hydrogens (tertiary/aromatic N) is 3. The third-order valence-corrected chi connectivity index (χ3v) is 4.56. The normalized spacial score (nSPS) is 11.5. The fraction of sp³-hybridized carbons (Fsp3) is 0.0833. The van der Waals surface area contributed by atoms with Crippen LogP contribution in [-0.2, 0) is 4.79 Å². The molecule has 6 heteroatoms. The lowest BCUT2D eigenvalue weighted by molar-refractivity contribution is -0.122. The van der Waals surface area contributed by atoms with E-state index < -0.39 is 6.10 Å². The number of fused-ring (bicyclic) bond motifs is 1. The molecule has 1 atom stereocenters. The highest BCUT2D eigenvalue weighted by atomic mass is 16.5. The smallest absolute Gasteiger partial charge is 0.265 e. The van der Waals surface area contributed by atoms with Gasteiger partial charge in [-0.25, -0.2) is 4.98 Å². The number of carbonyl (C=O) groups is 1. The molecule has 30 heavy (non-hydrogen) atoms. The fourth-order valence-corrected chi connectivity index (χ4v) is 2.93. The number of hydrogen-bond acceptors (Lipinski definition) is 5. The molecule has 1 amide bonds. The molecule has 6 nitrogen and oxygen atoms in total. The van der Waals surface area contributed by atoms with Gasteiger partial charge in [0.05, 0.1) is 34.6 Å². The van der Waals surface area contributed by atoms with E-state index in [1.807, 2.05) is 42.5 Å². The maximum atomic E-state index is 12.4. The van der Waals surface area contributed by atoms with Crippen LogP contribution >= 0.6 is 0 Å². The van der Waals surface area contributed by atoms with Crippen LogP contribution in [0.25, 0.3) is 22.3 Å². The van der Waals surface area contributed by atoms with Gasteiger partial charge >= 0.3 is 0 Å². The first-order valence-electron chi connectivity index (χ1n) is 9.42. The summed E-state index contributed by atoms with van der Waals surface area (Å²) in [5.74, 6) is 0.305. The van der Waals surface area contributed by atoms with Gasteiger partial charge in [-0.3, -0.25) is 9.78 Å². The summed E-state index contributed by atoms with van der Waals surface area (Å²) < 4.78 is 5.75. The molecule has 0 bridgehead atoms. The average Bonchev–Trinajstić information content (AvgIpc) is 2.79. The van der Waals surface area contributed by atoms with Crippen molar-refractivity contribution in [2.75, 3.05) is 5.32 Å². The Hall–Kier alpha value is -4.24. The zero-order valence-corrected chi connectivity index (χ0v) is 16.2. The Morgan fingerprint density at radius 2 is 1.70 bits per heavy atom. The van der Waals surface area contributed by atoms with Crippen LogP contribution in [0.3, 0.4) is 0 Å². The van der Waals surface area contributed by atoms with Gasteiger partial charge in [0, 0.05) is 11.3 Å². The van der Waals surface area contributed by atoms with Crippen molar-refractivity contribution >= 4 is 22.6 Å². The van der Waals surface area contributed by atoms with Gasteiger partial charge in [-0.2, -0.15) is 5.26 Å². The molecule has 0 spiro atoms. The molecule has 0 aliphatic carbocycles. The van der Waals surface area contributed by atoms with Crippen molar-refractivity contribution in [1.29, 1.82) is 5.26 Å². The van der Waals surface area contributed by atoms with Crippen molar-refractivity contribution in [2.24, 2.45) is 0 Å². The molecule has 0 fully saturated rings. The molecule has 1 N–H and O–H groups in total. The maximum Gasteiger partial charge on any atom is 0.265 e. The van der Waals surface area contributed by atoms with Gasteiger partial charge in [0.25, 0.3) is 5.91 Å². The third-order valence-electron chi connectivity index (χ3n) is 4.56. The van der Waals surface area contributed by atoms with E-state index in [1.54, 1.807) is 49.5 Å². The highest BCUT2D eigenvalue weighted by Crippen LogP contribution is 2.23. The van der Waals surface area contributed by atoms with Crippen molar-refractivity contribution < 1.29 is 9.53 Å². The maximum absolute atomic E-state index is 12.4. The van der Waals surface area contributed by atoms with Gasteiger partial charge in [-0.1, -0.05) is 12.1 Å². The monoisotopic (exact) mass is 394 g/mol. The number of ether oxygens (including phenoxy) is 1. The Balaban J connectivity index is 1.41. The SMILES string of the molecule is CC(Oc1ccc(-c2cnc3ccccc3n2)cc1)C(=O)Nc1ccc(C#N)cc1. The molecular formula is C24H18N4O2. The minimum atomic E-state index is -0.688. The predicted octanol–water partition coefficient (Wildman–Crippen LogP) is 4.57. The van der Waals surface area contributed by atoms with Gasteiger partial charge in [0.1, 0.15) is 5.75 Å². The van der Waals surface area contributed by atoms with Gasteiger partial charge < -0.3 is 10.1 Å². The molecule has 0 radical (unpaired) electrons. The zero-order valence-electron chi connectivity index (χ0n) is 16.2. The van der Waals surface area contributed by atoms with Crippen molar-refractivity contribution in [1.82, 2.24) is 9.97 Å². The Kier molecular flexibility index (Phi) is 5.35. The second-order valence-corrected chi connectivity index (χ2v) is 6.71. The number of hydrogen-bond donors (Lipinski definition) is 1. The van der Waals surface area contributed by atoms with Crippen LogP contribution in [0.1, 0.15) is 12.5 Å². The number of anilines is 1. The van der Waals surface area contributed by atoms with Crippen molar-refractivity contribution in [3.05, 3.63) is 84.6 Å². The number of amides is 1. The van der Waals surface area contributed by atoms with Gasteiger partial charge in [-0.15, -0.1) is 0 Å².